The fourth-order valence-corrected chi connectivity index (χ4v) is 4.26. The maximum atomic E-state index is 13.0. The van der Waals surface area contributed by atoms with Crippen molar-refractivity contribution < 1.29 is 9.18 Å². The first-order valence-corrected chi connectivity index (χ1v) is 9.72. The van der Waals surface area contributed by atoms with Crippen LogP contribution in [0.3, 0.4) is 0 Å². The Morgan fingerprint density at radius 2 is 1.93 bits per heavy atom. The van der Waals surface area contributed by atoms with Gasteiger partial charge in [0.15, 0.2) is 0 Å². The lowest BCUT2D eigenvalue weighted by atomic mass is 9.95. The number of aryl methyl sites for hydroxylation is 1. The number of carbonyl (C=O) groups excluding carboxylic acids is 1. The molecule has 0 bridgehead atoms. The molecule has 28 heavy (non-hydrogen) atoms. The van der Waals surface area contributed by atoms with Crippen molar-refractivity contribution in [3.8, 4) is 0 Å². The zero-order valence-electron chi connectivity index (χ0n) is 15.4. The minimum Gasteiger partial charge on any atom is -0.356 e. The predicted octanol–water partition coefficient (Wildman–Crippen LogP) is 2.61. The van der Waals surface area contributed by atoms with Gasteiger partial charge < -0.3 is 10.2 Å². The Hall–Kier alpha value is -3.03. The van der Waals surface area contributed by atoms with E-state index in [2.05, 4.69) is 25.3 Å². The molecule has 0 unspecified atom stereocenters. The smallest absolute Gasteiger partial charge is 0.254 e. The Morgan fingerprint density at radius 1 is 1.14 bits per heavy atom. The summed E-state index contributed by atoms with van der Waals surface area (Å²) in [6.45, 7) is 1.57. The lowest BCUT2D eigenvalue weighted by molar-refractivity contribution is -0.120. The van der Waals surface area contributed by atoms with E-state index in [1.165, 1.54) is 17.7 Å². The molecule has 5 rings (SSSR count). The average Bonchev–Trinajstić information content (AvgIpc) is 3.37. The molecule has 1 aliphatic carbocycles. The summed E-state index contributed by atoms with van der Waals surface area (Å²) in [5.41, 5.74) is 3.03. The van der Waals surface area contributed by atoms with Crippen LogP contribution in [0.1, 0.15) is 30.5 Å². The Morgan fingerprint density at radius 3 is 2.71 bits per heavy atom. The number of hydrogen-bond donors (Lipinski definition) is 1. The molecule has 0 spiro atoms. The number of piperidine rings is 1. The third kappa shape index (κ3) is 2.98. The molecular weight excluding hydrogens is 359 g/mol. The maximum absolute atomic E-state index is 13.0. The van der Waals surface area contributed by atoms with Crippen molar-refractivity contribution >= 4 is 23.2 Å². The number of nitrogens with one attached hydrogen (secondary N) is 1. The molecule has 1 N–H and O–H groups in total. The largest absolute Gasteiger partial charge is 0.356 e. The highest BCUT2D eigenvalue weighted by Crippen LogP contribution is 2.33. The molecule has 2 aromatic heterocycles. The molecule has 0 radical (unpaired) electrons. The summed E-state index contributed by atoms with van der Waals surface area (Å²) in [5.74, 6) is 1.37. The second kappa shape index (κ2) is 6.85. The van der Waals surface area contributed by atoms with Crippen molar-refractivity contribution in [2.45, 2.75) is 32.1 Å². The molecule has 3 heterocycles. The second-order valence-electron chi connectivity index (χ2n) is 7.44. The summed E-state index contributed by atoms with van der Waals surface area (Å²) in [4.78, 5) is 23.8. The first-order chi connectivity index (χ1) is 13.7. The van der Waals surface area contributed by atoms with E-state index in [9.17, 15) is 9.18 Å². The normalized spacial score (nSPS) is 17.1. The Balaban J connectivity index is 1.31. The van der Waals surface area contributed by atoms with Gasteiger partial charge in [-0.05, 0) is 56.4 Å². The molecule has 8 heteroatoms. The van der Waals surface area contributed by atoms with Gasteiger partial charge in [0.05, 0.1) is 5.69 Å². The van der Waals surface area contributed by atoms with Gasteiger partial charge in [-0.15, -0.1) is 0 Å². The van der Waals surface area contributed by atoms with Crippen molar-refractivity contribution in [1.82, 2.24) is 19.6 Å². The SMILES string of the molecule is O=C(Nc1ccc(F)cc1)C1CCN(c2c3c(nc4ncnn24)CCC3)CC1. The standard InChI is InChI=1S/C20H21FN6O/c21-14-4-6-15(7-5-14)24-18(28)13-8-10-26(11-9-13)19-16-2-1-3-17(16)25-20-22-12-23-27(19)20/h4-7,12-13H,1-3,8-11H2,(H,24,28). The van der Waals surface area contributed by atoms with Crippen molar-refractivity contribution in [3.63, 3.8) is 0 Å². The van der Waals surface area contributed by atoms with Crippen molar-refractivity contribution in [2.24, 2.45) is 5.92 Å². The molecule has 3 aromatic rings. The van der Waals surface area contributed by atoms with Gasteiger partial charge in [0.1, 0.15) is 18.0 Å². The fourth-order valence-electron chi connectivity index (χ4n) is 4.26. The van der Waals surface area contributed by atoms with Crippen LogP contribution in [-0.4, -0.2) is 38.6 Å². The Bertz CT molecular complexity index is 1020. The minimum absolute atomic E-state index is 0.00267. The van der Waals surface area contributed by atoms with Crippen LogP contribution in [0.5, 0.6) is 0 Å². The van der Waals surface area contributed by atoms with Crippen LogP contribution in [0.25, 0.3) is 5.78 Å². The van der Waals surface area contributed by atoms with Gasteiger partial charge in [-0.1, -0.05) is 0 Å². The van der Waals surface area contributed by atoms with E-state index >= 15 is 0 Å². The van der Waals surface area contributed by atoms with Crippen LogP contribution in [0.15, 0.2) is 30.6 Å². The van der Waals surface area contributed by atoms with Gasteiger partial charge in [0.25, 0.3) is 5.78 Å². The number of anilines is 2. The van der Waals surface area contributed by atoms with E-state index in [4.69, 9.17) is 0 Å². The van der Waals surface area contributed by atoms with Gasteiger partial charge in [0.2, 0.25) is 5.91 Å². The molecule has 1 saturated heterocycles. The van der Waals surface area contributed by atoms with Gasteiger partial charge in [-0.2, -0.15) is 14.6 Å². The third-order valence-corrected chi connectivity index (χ3v) is 5.70. The number of aromatic nitrogens is 4. The van der Waals surface area contributed by atoms with Crippen LogP contribution in [-0.2, 0) is 17.6 Å². The summed E-state index contributed by atoms with van der Waals surface area (Å²) < 4.78 is 14.9. The fraction of sp³-hybridized carbons (Fsp3) is 0.400. The molecule has 0 atom stereocenters. The first kappa shape index (κ1) is 17.1. The number of amides is 1. The summed E-state index contributed by atoms with van der Waals surface area (Å²) in [7, 11) is 0. The van der Waals surface area contributed by atoms with Crippen LogP contribution < -0.4 is 10.2 Å². The molecule has 0 saturated carbocycles. The topological polar surface area (TPSA) is 75.4 Å². The lowest BCUT2D eigenvalue weighted by Crippen LogP contribution is -2.39. The molecular formula is C20H21FN6O. The van der Waals surface area contributed by atoms with Crippen molar-refractivity contribution in [2.75, 3.05) is 23.3 Å². The molecule has 2 aliphatic rings. The van der Waals surface area contributed by atoms with E-state index in [1.54, 1.807) is 18.5 Å². The lowest BCUT2D eigenvalue weighted by Gasteiger charge is -2.34. The van der Waals surface area contributed by atoms with Gasteiger partial charge in [0, 0.05) is 30.3 Å². The number of carbonyl (C=O) groups is 1. The molecule has 144 valence electrons. The van der Waals surface area contributed by atoms with E-state index in [-0.39, 0.29) is 17.6 Å². The van der Waals surface area contributed by atoms with Crippen molar-refractivity contribution in [3.05, 3.63) is 47.7 Å². The minimum atomic E-state index is -0.310. The van der Waals surface area contributed by atoms with Gasteiger partial charge in [-0.25, -0.2) is 9.37 Å². The monoisotopic (exact) mass is 380 g/mol. The first-order valence-electron chi connectivity index (χ1n) is 9.72. The van der Waals surface area contributed by atoms with E-state index in [0.717, 1.165) is 56.7 Å². The van der Waals surface area contributed by atoms with Crippen LogP contribution in [0.2, 0.25) is 0 Å². The molecule has 1 aromatic carbocycles. The zero-order chi connectivity index (χ0) is 19.1. The number of rotatable bonds is 3. The number of halogens is 1. The quantitative estimate of drug-likeness (QED) is 0.756. The van der Waals surface area contributed by atoms with E-state index in [1.807, 2.05) is 4.52 Å². The molecule has 7 nitrogen and oxygen atoms in total. The van der Waals surface area contributed by atoms with Crippen LogP contribution in [0, 0.1) is 11.7 Å². The number of hydrogen-bond acceptors (Lipinski definition) is 5. The number of nitrogens with zero attached hydrogens (tertiary/aromatic N) is 5. The summed E-state index contributed by atoms with van der Waals surface area (Å²) in [5, 5.41) is 7.28. The highest BCUT2D eigenvalue weighted by molar-refractivity contribution is 5.92. The molecule has 1 amide bonds. The predicted molar refractivity (Wildman–Crippen MR) is 103 cm³/mol. The second-order valence-corrected chi connectivity index (χ2v) is 7.44. The number of benzene rings is 1. The van der Waals surface area contributed by atoms with Crippen LogP contribution >= 0.6 is 0 Å². The summed E-state index contributed by atoms with van der Waals surface area (Å²) >= 11 is 0. The van der Waals surface area contributed by atoms with E-state index in [0.29, 0.717) is 11.5 Å². The number of fused-ring (bicyclic) bond motifs is 2. The Labute approximate surface area is 161 Å². The summed E-state index contributed by atoms with van der Waals surface area (Å²) in [6, 6.07) is 5.88. The van der Waals surface area contributed by atoms with Gasteiger partial charge in [-0.3, -0.25) is 4.79 Å². The van der Waals surface area contributed by atoms with E-state index < -0.39 is 0 Å². The Kier molecular flexibility index (Phi) is 4.18. The third-order valence-electron chi connectivity index (χ3n) is 5.70. The molecule has 1 aliphatic heterocycles. The maximum Gasteiger partial charge on any atom is 0.254 e. The average molecular weight is 380 g/mol. The highest BCUT2D eigenvalue weighted by Gasteiger charge is 2.30. The van der Waals surface area contributed by atoms with Crippen molar-refractivity contribution in [1.29, 1.82) is 0 Å². The highest BCUT2D eigenvalue weighted by atomic mass is 19.1. The van der Waals surface area contributed by atoms with Crippen LogP contribution in [0.4, 0.5) is 15.9 Å². The van der Waals surface area contributed by atoms with Gasteiger partial charge >= 0.3 is 0 Å². The molecule has 1 fully saturated rings. The zero-order valence-corrected chi connectivity index (χ0v) is 15.4. The summed E-state index contributed by atoms with van der Waals surface area (Å²) in [6.07, 6.45) is 6.18.